The number of nitrogens with one attached hydrogen (secondary N) is 1. The molecule has 1 fully saturated rings. The zero-order chi connectivity index (χ0) is 30.5. The van der Waals surface area contributed by atoms with E-state index in [0.717, 1.165) is 46.8 Å². The fourth-order valence-corrected chi connectivity index (χ4v) is 9.96. The number of methoxy groups -OCH3 is 1. The molecule has 0 atom stereocenters. The molecular formula is C30H35ClFIN6O4. The summed E-state index contributed by atoms with van der Waals surface area (Å²) in [6.45, 7) is 3.07. The number of fused-ring (bicyclic) bond motifs is 2. The number of rotatable bonds is 10. The number of halogens is 3. The fraction of sp³-hybridized carbons (Fsp3) is 0.400. The second-order valence-electron chi connectivity index (χ2n) is 10.3. The van der Waals surface area contributed by atoms with Crippen LogP contribution in [0.15, 0.2) is 42.5 Å². The Bertz CT molecular complexity index is 1540. The summed E-state index contributed by atoms with van der Waals surface area (Å²) in [4.78, 5) is 37.2. The number of hydrogen-bond acceptors (Lipinski definition) is 9. The quantitative estimate of drug-likeness (QED) is 0.108. The first kappa shape index (κ1) is 31.2. The average Bonchev–Trinajstić information content (AvgIpc) is 3.43. The Morgan fingerprint density at radius 3 is 2.81 bits per heavy atom. The summed E-state index contributed by atoms with van der Waals surface area (Å²) < 4.78 is 29.5. The van der Waals surface area contributed by atoms with Crippen molar-refractivity contribution in [3.05, 3.63) is 64.6 Å². The summed E-state index contributed by atoms with van der Waals surface area (Å²) in [5.74, 6) is -0.677. The molecule has 1 N–H and O–H groups in total. The van der Waals surface area contributed by atoms with E-state index < -0.39 is 31.9 Å². The molecule has 3 aromatic rings. The molecule has 2 aliphatic heterocycles. The third kappa shape index (κ3) is 7.29. The minimum absolute atomic E-state index is 0.112. The van der Waals surface area contributed by atoms with Crippen molar-refractivity contribution < 1.29 is 23.5 Å². The Morgan fingerprint density at radius 1 is 1.21 bits per heavy atom. The van der Waals surface area contributed by atoms with Gasteiger partial charge in [-0.3, -0.25) is 0 Å². The van der Waals surface area contributed by atoms with Crippen molar-refractivity contribution in [2.45, 2.75) is 19.4 Å². The maximum atomic E-state index is 14.5. The predicted molar refractivity (Wildman–Crippen MR) is 175 cm³/mol. The first-order chi connectivity index (χ1) is 20.7. The van der Waals surface area contributed by atoms with Gasteiger partial charge in [0.25, 0.3) is 0 Å². The predicted octanol–water partition coefficient (Wildman–Crippen LogP) is 4.36. The summed E-state index contributed by atoms with van der Waals surface area (Å²) in [5, 5.41) is 4.45. The second kappa shape index (κ2) is 14.0. The van der Waals surface area contributed by atoms with Crippen molar-refractivity contribution in [1.82, 2.24) is 18.4 Å². The molecule has 0 bridgehead atoms. The molecule has 13 heteroatoms. The van der Waals surface area contributed by atoms with Gasteiger partial charge in [-0.25, -0.2) is 4.79 Å². The van der Waals surface area contributed by atoms with Crippen LogP contribution in [0.4, 0.5) is 15.9 Å². The summed E-state index contributed by atoms with van der Waals surface area (Å²) >= 11 is 5.08. The van der Waals surface area contributed by atoms with Gasteiger partial charge in [0.2, 0.25) is 0 Å². The van der Waals surface area contributed by atoms with Gasteiger partial charge in [0, 0.05) is 0 Å². The molecule has 0 unspecified atom stereocenters. The number of carbonyl (C=O) groups is 2. The van der Waals surface area contributed by atoms with Gasteiger partial charge >= 0.3 is 247 Å². The molecule has 10 nitrogen and oxygen atoms in total. The molecule has 0 aliphatic carbocycles. The molecule has 5 rings (SSSR count). The molecule has 0 saturated carbocycles. The van der Waals surface area contributed by atoms with Gasteiger partial charge in [0.1, 0.15) is 0 Å². The van der Waals surface area contributed by atoms with E-state index in [-0.39, 0.29) is 10.9 Å². The van der Waals surface area contributed by atoms with Gasteiger partial charge in [-0.1, -0.05) is 0 Å². The minimum atomic E-state index is -1.38. The number of nitrogens with zero attached hydrogens (tertiary/aromatic N) is 5. The third-order valence-electron chi connectivity index (χ3n) is 7.49. The first-order valence-corrected chi connectivity index (χ1v) is 18.4. The van der Waals surface area contributed by atoms with Crippen LogP contribution >= 0.6 is 31.7 Å². The van der Waals surface area contributed by atoms with Gasteiger partial charge in [-0.05, 0) is 0 Å². The van der Waals surface area contributed by atoms with E-state index >= 15 is 0 Å². The van der Waals surface area contributed by atoms with Crippen molar-refractivity contribution in [3.8, 4) is 6.01 Å². The van der Waals surface area contributed by atoms with Crippen molar-refractivity contribution in [3.63, 3.8) is 0 Å². The topological polar surface area (TPSA) is 100 Å². The van der Waals surface area contributed by atoms with Crippen molar-refractivity contribution in [2.24, 2.45) is 0 Å². The second-order valence-corrected chi connectivity index (χ2v) is 16.5. The van der Waals surface area contributed by atoms with Crippen LogP contribution < -0.4 is 19.9 Å². The Kier molecular flexibility index (Phi) is 10.2. The zero-order valence-corrected chi connectivity index (χ0v) is 27.3. The molecule has 0 spiro atoms. The number of benzene rings is 2. The summed E-state index contributed by atoms with van der Waals surface area (Å²) in [6.07, 6.45) is 4.09. The van der Waals surface area contributed by atoms with E-state index in [1.807, 2.05) is 30.1 Å². The summed E-state index contributed by atoms with van der Waals surface area (Å²) in [6, 6.07) is 9.32. The Balaban J connectivity index is 1.39. The number of aromatic nitrogens is 2. The number of likely N-dealkylation sites (N-methyl/N-ethyl adjacent to an activating group) is 1. The molecular weight excluding hydrogens is 690 g/mol. The van der Waals surface area contributed by atoms with Gasteiger partial charge in [0.05, 0.1) is 7.11 Å². The molecule has 2 aromatic carbocycles. The SMILES string of the molecule is COC(=O)/C=C/C(=O)NCCN(C)c1nc(OCI2CCCN2C)nc2c1CCN(c1cccc3ccc(F)c(Cl)c13)C2. The van der Waals surface area contributed by atoms with Crippen molar-refractivity contribution >= 4 is 65.8 Å². The van der Waals surface area contributed by atoms with Crippen molar-refractivity contribution in [2.75, 3.05) is 66.2 Å². The van der Waals surface area contributed by atoms with E-state index in [4.69, 9.17) is 26.3 Å². The van der Waals surface area contributed by atoms with Gasteiger partial charge < -0.3 is 4.74 Å². The molecule has 2 aliphatic rings. The molecule has 1 saturated heterocycles. The molecule has 0 radical (unpaired) electrons. The van der Waals surface area contributed by atoms with Gasteiger partial charge in [0.15, 0.2) is 0 Å². The van der Waals surface area contributed by atoms with E-state index in [9.17, 15) is 14.0 Å². The monoisotopic (exact) mass is 724 g/mol. The molecule has 1 aromatic heterocycles. The number of anilines is 2. The zero-order valence-electron chi connectivity index (χ0n) is 24.4. The van der Waals surface area contributed by atoms with Crippen LogP contribution in [0.1, 0.15) is 17.7 Å². The van der Waals surface area contributed by atoms with E-state index in [0.29, 0.717) is 48.6 Å². The van der Waals surface area contributed by atoms with Crippen LogP contribution in [0.25, 0.3) is 10.8 Å². The number of alkyl halides is 2. The van der Waals surface area contributed by atoms with Crippen molar-refractivity contribution in [1.29, 1.82) is 0 Å². The van der Waals surface area contributed by atoms with Crippen LogP contribution in [-0.4, -0.2) is 81.4 Å². The summed E-state index contributed by atoms with van der Waals surface area (Å²) in [7, 11) is 5.34. The van der Waals surface area contributed by atoms with Crippen LogP contribution in [0, 0.1) is 5.82 Å². The molecule has 43 heavy (non-hydrogen) atoms. The Morgan fingerprint density at radius 2 is 2.05 bits per heavy atom. The third-order valence-corrected chi connectivity index (χ3v) is 13.7. The molecule has 1 amide bonds. The number of esters is 1. The fourth-order valence-electron chi connectivity index (χ4n) is 5.20. The van der Waals surface area contributed by atoms with Crippen LogP contribution in [0.5, 0.6) is 6.01 Å². The van der Waals surface area contributed by atoms with Crippen LogP contribution in [-0.2, 0) is 27.3 Å². The van der Waals surface area contributed by atoms with Crippen LogP contribution in [0.3, 0.4) is 0 Å². The average molecular weight is 725 g/mol. The first-order valence-electron chi connectivity index (χ1n) is 14.0. The van der Waals surface area contributed by atoms with E-state index in [2.05, 4.69) is 25.1 Å². The summed E-state index contributed by atoms with van der Waals surface area (Å²) in [5.41, 5.74) is 2.71. The number of hydrogen-bond donors (Lipinski definition) is 1. The van der Waals surface area contributed by atoms with Crippen LogP contribution in [0.2, 0.25) is 5.02 Å². The number of ether oxygens (including phenoxy) is 2. The Labute approximate surface area is 262 Å². The van der Waals surface area contributed by atoms with E-state index in [1.165, 1.54) is 24.0 Å². The van der Waals surface area contributed by atoms with Gasteiger partial charge in [-0.2, -0.15) is 0 Å². The van der Waals surface area contributed by atoms with Gasteiger partial charge in [-0.15, -0.1) is 0 Å². The number of carbonyl (C=O) groups excluding carboxylic acids is 2. The maximum absolute atomic E-state index is 14.5. The number of amides is 1. The normalized spacial score (nSPS) is 16.0. The Hall–Kier alpha value is -3.23. The molecule has 230 valence electrons. The molecule has 3 heterocycles. The van der Waals surface area contributed by atoms with E-state index in [1.54, 1.807) is 6.07 Å². The standard InChI is InChI=1S/C30H35ClFIN6O4/c1-37(17-14-34-25(40)10-11-26(41)42-3)29-21-12-16-39(24-7-4-6-20-8-9-22(32)28(31)27(20)24)18-23(21)35-30(36-29)43-19-33-13-5-15-38(33)2/h4,6-11H,5,12-19H2,1-3H3,(H,34,40)/b11-10+.